The molecule has 0 aromatic heterocycles. The van der Waals surface area contributed by atoms with Crippen molar-refractivity contribution in [3.63, 3.8) is 0 Å². The average molecular weight is 313 g/mol. The molecule has 114 valence electrons. The van der Waals surface area contributed by atoms with Gasteiger partial charge < -0.3 is 40.4 Å². The van der Waals surface area contributed by atoms with Crippen molar-refractivity contribution in [3.05, 3.63) is 11.8 Å². The van der Waals surface area contributed by atoms with Crippen LogP contribution in [-0.4, -0.2) is 69.4 Å². The number of rotatable bonds is 5. The van der Waals surface area contributed by atoms with Crippen LogP contribution in [0.4, 0.5) is 0 Å². The van der Waals surface area contributed by atoms with Crippen LogP contribution in [0.25, 0.3) is 0 Å². The number of aliphatic hydroxyl groups is 4. The molecule has 10 heteroatoms. The van der Waals surface area contributed by atoms with Gasteiger partial charge in [0.1, 0.15) is 23.9 Å². The molecule has 21 heavy (non-hydrogen) atoms. The number of hydrogen-bond acceptors (Lipinski definition) is 8. The minimum Gasteiger partial charge on any atom is -0.542 e. The summed E-state index contributed by atoms with van der Waals surface area (Å²) in [6, 6.07) is -1.19. The molecule has 0 fully saturated rings. The van der Waals surface area contributed by atoms with Crippen molar-refractivity contribution in [2.45, 2.75) is 37.4 Å². The molecule has 1 aliphatic heterocycles. The van der Waals surface area contributed by atoms with E-state index in [9.17, 15) is 30.0 Å². The first-order chi connectivity index (χ1) is 9.27. The Kier molecular flexibility index (Phi) is 8.41. The number of aliphatic hydroxyl groups excluding tert-OH is 4. The van der Waals surface area contributed by atoms with Crippen LogP contribution in [0, 0.1) is 0 Å². The Balaban J connectivity index is 0.00000400. The molecular formula is C11H16NNaO8. The van der Waals surface area contributed by atoms with E-state index < -0.39 is 54.7 Å². The van der Waals surface area contributed by atoms with Gasteiger partial charge in [0, 0.05) is 6.92 Å². The normalized spacial score (nSPS) is 27.5. The summed E-state index contributed by atoms with van der Waals surface area (Å²) in [5.74, 6) is -3.01. The third-order valence-electron chi connectivity index (χ3n) is 2.80. The van der Waals surface area contributed by atoms with E-state index >= 15 is 0 Å². The van der Waals surface area contributed by atoms with Gasteiger partial charge in [-0.1, -0.05) is 0 Å². The molecule has 1 rings (SSSR count). The Labute approximate surface area is 142 Å². The smallest absolute Gasteiger partial charge is 0.542 e. The van der Waals surface area contributed by atoms with Gasteiger partial charge in [-0.15, -0.1) is 0 Å². The summed E-state index contributed by atoms with van der Waals surface area (Å²) in [6.07, 6.45) is -5.48. The molecule has 9 nitrogen and oxygen atoms in total. The summed E-state index contributed by atoms with van der Waals surface area (Å²) >= 11 is 0. The summed E-state index contributed by atoms with van der Waals surface area (Å²) in [4.78, 5) is 21.8. The molecule has 5 atom stereocenters. The number of amides is 1. The quantitative estimate of drug-likeness (QED) is 0.313. The number of ether oxygens (including phenoxy) is 1. The first-order valence-electron chi connectivity index (χ1n) is 5.80. The number of aliphatic carboxylic acids is 1. The maximum atomic E-state index is 11.1. The third kappa shape index (κ3) is 5.22. The monoisotopic (exact) mass is 313 g/mol. The molecule has 5 N–H and O–H groups in total. The molecule has 0 unspecified atom stereocenters. The summed E-state index contributed by atoms with van der Waals surface area (Å²) in [5, 5.41) is 50.8. The molecule has 1 heterocycles. The zero-order valence-corrected chi connectivity index (χ0v) is 13.6. The zero-order chi connectivity index (χ0) is 15.4. The number of nitrogens with one attached hydrogen (secondary N) is 1. The van der Waals surface area contributed by atoms with Gasteiger partial charge in [-0.25, -0.2) is 0 Å². The molecule has 0 aromatic rings. The van der Waals surface area contributed by atoms with Gasteiger partial charge in [-0.05, 0) is 6.08 Å². The molecule has 0 saturated carbocycles. The second-order valence-electron chi connectivity index (χ2n) is 4.36. The van der Waals surface area contributed by atoms with Crippen molar-refractivity contribution in [1.82, 2.24) is 5.32 Å². The molecule has 0 saturated heterocycles. The summed E-state index contributed by atoms with van der Waals surface area (Å²) < 4.78 is 4.92. The molecule has 1 amide bonds. The van der Waals surface area contributed by atoms with E-state index in [1.54, 1.807) is 0 Å². The Morgan fingerprint density at radius 1 is 1.48 bits per heavy atom. The van der Waals surface area contributed by atoms with Crippen LogP contribution >= 0.6 is 0 Å². The van der Waals surface area contributed by atoms with Crippen molar-refractivity contribution in [2.24, 2.45) is 0 Å². The van der Waals surface area contributed by atoms with Crippen molar-refractivity contribution < 1.29 is 69.4 Å². The first-order valence-corrected chi connectivity index (χ1v) is 5.80. The second-order valence-corrected chi connectivity index (χ2v) is 4.36. The Hall–Kier alpha value is -0.680. The SMILES string of the molecule is CC(=O)N[C@H]1[C@H]([C@H](O)[C@@H](O)CO)OC(C(=O)[O-])=C[C@H]1O.[Na+]. The van der Waals surface area contributed by atoms with E-state index in [0.29, 0.717) is 0 Å². The predicted molar refractivity (Wildman–Crippen MR) is 60.7 cm³/mol. The predicted octanol–water partition coefficient (Wildman–Crippen LogP) is -7.40. The van der Waals surface area contributed by atoms with E-state index in [-0.39, 0.29) is 29.6 Å². The summed E-state index contributed by atoms with van der Waals surface area (Å²) in [7, 11) is 0. The van der Waals surface area contributed by atoms with Crippen LogP contribution in [-0.2, 0) is 14.3 Å². The molecule has 0 aliphatic carbocycles. The summed E-state index contributed by atoms with van der Waals surface area (Å²) in [6.45, 7) is 0.338. The standard InChI is InChI=1S/C11H17NO8.Na/c1-4(14)12-8-5(15)2-7(11(18)19)20-10(8)9(17)6(16)3-13;/h2,5-6,8-10,13,15-17H,3H2,1H3,(H,12,14)(H,18,19);/q;+1/p-1/t5-,6+,8-,9-,10-;/m1./s1. The zero-order valence-electron chi connectivity index (χ0n) is 11.6. The minimum atomic E-state index is -1.73. The van der Waals surface area contributed by atoms with Gasteiger partial charge in [0.25, 0.3) is 0 Å². The molecular weight excluding hydrogens is 297 g/mol. The maximum Gasteiger partial charge on any atom is 1.00 e. The van der Waals surface area contributed by atoms with Crippen LogP contribution in [0.3, 0.4) is 0 Å². The van der Waals surface area contributed by atoms with E-state index in [1.807, 2.05) is 0 Å². The average Bonchev–Trinajstić information content (AvgIpc) is 2.38. The van der Waals surface area contributed by atoms with Crippen LogP contribution in [0.15, 0.2) is 11.8 Å². The van der Waals surface area contributed by atoms with E-state index in [1.165, 1.54) is 0 Å². The molecule has 0 spiro atoms. The molecule has 0 bridgehead atoms. The van der Waals surface area contributed by atoms with E-state index in [0.717, 1.165) is 13.0 Å². The fourth-order valence-corrected chi connectivity index (χ4v) is 1.84. The number of carbonyl (C=O) groups excluding carboxylic acids is 2. The number of hydrogen-bond donors (Lipinski definition) is 5. The summed E-state index contributed by atoms with van der Waals surface area (Å²) in [5.41, 5.74) is 0. The molecule has 0 aromatic carbocycles. The van der Waals surface area contributed by atoms with Gasteiger partial charge in [0.05, 0.1) is 18.8 Å². The largest absolute Gasteiger partial charge is 1.00 e. The number of carboxylic acids is 1. The number of carboxylic acid groups (broad SMARTS) is 1. The van der Waals surface area contributed by atoms with Gasteiger partial charge >= 0.3 is 29.6 Å². The van der Waals surface area contributed by atoms with Gasteiger partial charge in [-0.2, -0.15) is 0 Å². The van der Waals surface area contributed by atoms with Crippen molar-refractivity contribution in [1.29, 1.82) is 0 Å². The molecule has 0 radical (unpaired) electrons. The maximum absolute atomic E-state index is 11.1. The minimum absolute atomic E-state index is 0. The van der Waals surface area contributed by atoms with E-state index in [4.69, 9.17) is 9.84 Å². The third-order valence-corrected chi connectivity index (χ3v) is 2.80. The fourth-order valence-electron chi connectivity index (χ4n) is 1.84. The first kappa shape index (κ1) is 20.3. The second kappa shape index (κ2) is 8.69. The number of carbonyl (C=O) groups is 2. The van der Waals surface area contributed by atoms with Gasteiger partial charge in [0.15, 0.2) is 6.10 Å². The van der Waals surface area contributed by atoms with Crippen molar-refractivity contribution >= 4 is 11.9 Å². The Bertz CT molecular complexity index is 415. The fraction of sp³-hybridized carbons (Fsp3) is 0.636. The van der Waals surface area contributed by atoms with Crippen LogP contribution in [0.1, 0.15) is 6.92 Å². The topological polar surface area (TPSA) is 159 Å². The molecule has 1 aliphatic rings. The Morgan fingerprint density at radius 2 is 2.05 bits per heavy atom. The van der Waals surface area contributed by atoms with Crippen LogP contribution in [0.2, 0.25) is 0 Å². The van der Waals surface area contributed by atoms with Crippen molar-refractivity contribution in [2.75, 3.05) is 6.61 Å². The van der Waals surface area contributed by atoms with Gasteiger partial charge in [0.2, 0.25) is 5.91 Å². The van der Waals surface area contributed by atoms with E-state index in [2.05, 4.69) is 5.32 Å². The van der Waals surface area contributed by atoms with Crippen molar-refractivity contribution in [3.8, 4) is 0 Å². The van der Waals surface area contributed by atoms with Crippen LogP contribution in [0.5, 0.6) is 0 Å². The Morgan fingerprint density at radius 3 is 2.48 bits per heavy atom. The van der Waals surface area contributed by atoms with Gasteiger partial charge in [-0.3, -0.25) is 4.79 Å². The van der Waals surface area contributed by atoms with Crippen LogP contribution < -0.4 is 40.0 Å².